The monoisotopic (exact) mass is 210 g/mol. The van der Waals surface area contributed by atoms with E-state index in [1.54, 1.807) is 6.07 Å². The molecule has 1 aromatic carbocycles. The van der Waals surface area contributed by atoms with Gasteiger partial charge in [-0.15, -0.1) is 0 Å². The summed E-state index contributed by atoms with van der Waals surface area (Å²) in [5.41, 5.74) is 0.825. The molecular weight excluding hydrogens is 202 g/mol. The van der Waals surface area contributed by atoms with E-state index in [1.165, 1.54) is 25.3 Å². The summed E-state index contributed by atoms with van der Waals surface area (Å²) in [6.07, 6.45) is 1.33. The first-order valence-corrected chi connectivity index (χ1v) is 4.36. The van der Waals surface area contributed by atoms with Gasteiger partial charge in [-0.3, -0.25) is 4.79 Å². The standard InChI is InChI=1S/C10H8F2N2O/c1-6(15)7-2-3-9-8(4-7)5-13-14(9)10(11)12/h2-5,10H,1H3. The Bertz CT molecular complexity index is 519. The van der Waals surface area contributed by atoms with Crippen molar-refractivity contribution in [2.45, 2.75) is 13.5 Å². The van der Waals surface area contributed by atoms with E-state index in [0.717, 1.165) is 0 Å². The lowest BCUT2D eigenvalue weighted by atomic mass is 10.1. The van der Waals surface area contributed by atoms with E-state index >= 15 is 0 Å². The lowest BCUT2D eigenvalue weighted by Crippen LogP contribution is -1.99. The van der Waals surface area contributed by atoms with Crippen molar-refractivity contribution >= 4 is 16.7 Å². The first-order chi connectivity index (χ1) is 7.09. The number of carbonyl (C=O) groups excluding carboxylic acids is 1. The van der Waals surface area contributed by atoms with Crippen LogP contribution in [0.4, 0.5) is 8.78 Å². The zero-order valence-corrected chi connectivity index (χ0v) is 7.95. The molecule has 0 aliphatic rings. The highest BCUT2D eigenvalue weighted by Crippen LogP contribution is 2.20. The van der Waals surface area contributed by atoms with Crippen LogP contribution in [0.3, 0.4) is 0 Å². The molecule has 0 saturated carbocycles. The number of nitrogens with zero attached hydrogens (tertiary/aromatic N) is 2. The second-order valence-corrected chi connectivity index (χ2v) is 3.20. The maximum atomic E-state index is 12.4. The Morgan fingerprint density at radius 2 is 2.20 bits per heavy atom. The minimum Gasteiger partial charge on any atom is -0.295 e. The van der Waals surface area contributed by atoms with Gasteiger partial charge in [0.1, 0.15) is 0 Å². The van der Waals surface area contributed by atoms with E-state index in [2.05, 4.69) is 5.10 Å². The zero-order valence-electron chi connectivity index (χ0n) is 7.95. The number of halogens is 2. The maximum absolute atomic E-state index is 12.4. The summed E-state index contributed by atoms with van der Waals surface area (Å²) in [5, 5.41) is 4.10. The molecule has 0 spiro atoms. The highest BCUT2D eigenvalue weighted by molar-refractivity contribution is 5.97. The van der Waals surface area contributed by atoms with Gasteiger partial charge in [0.2, 0.25) is 0 Å². The number of Topliss-reactive ketones (excluding diaryl/α,β-unsaturated/α-hetero) is 1. The Balaban J connectivity index is 2.61. The number of carbonyl (C=O) groups is 1. The van der Waals surface area contributed by atoms with Crippen molar-refractivity contribution < 1.29 is 13.6 Å². The molecule has 0 amide bonds. The molecular formula is C10H8F2N2O. The fourth-order valence-electron chi connectivity index (χ4n) is 1.43. The van der Waals surface area contributed by atoms with Gasteiger partial charge in [0.05, 0.1) is 11.7 Å². The molecule has 0 fully saturated rings. The average Bonchev–Trinajstić information content (AvgIpc) is 2.59. The summed E-state index contributed by atoms with van der Waals surface area (Å²) in [6.45, 7) is -1.23. The van der Waals surface area contributed by atoms with Crippen molar-refractivity contribution in [1.82, 2.24) is 9.78 Å². The van der Waals surface area contributed by atoms with Gasteiger partial charge in [0.25, 0.3) is 0 Å². The molecule has 0 aliphatic carbocycles. The third-order valence-corrected chi connectivity index (χ3v) is 2.19. The van der Waals surface area contributed by atoms with Crippen LogP contribution in [0.25, 0.3) is 10.9 Å². The lowest BCUT2D eigenvalue weighted by molar-refractivity contribution is 0.0615. The number of benzene rings is 1. The average molecular weight is 210 g/mol. The molecule has 2 rings (SSSR count). The fourth-order valence-corrected chi connectivity index (χ4v) is 1.43. The number of hydrogen-bond donors (Lipinski definition) is 0. The summed E-state index contributed by atoms with van der Waals surface area (Å²) in [4.78, 5) is 11.1. The van der Waals surface area contributed by atoms with Gasteiger partial charge >= 0.3 is 6.55 Å². The van der Waals surface area contributed by atoms with Crippen LogP contribution in [0, 0.1) is 0 Å². The molecule has 3 nitrogen and oxygen atoms in total. The number of ketones is 1. The number of aromatic nitrogens is 2. The van der Waals surface area contributed by atoms with Crippen LogP contribution in [-0.2, 0) is 0 Å². The number of alkyl halides is 2. The largest absolute Gasteiger partial charge is 0.333 e. The summed E-state index contributed by atoms with van der Waals surface area (Å²) in [7, 11) is 0. The molecule has 2 aromatic rings. The van der Waals surface area contributed by atoms with E-state index < -0.39 is 6.55 Å². The van der Waals surface area contributed by atoms with Crippen molar-refractivity contribution in [3.05, 3.63) is 30.0 Å². The molecule has 78 valence electrons. The highest BCUT2D eigenvalue weighted by atomic mass is 19.3. The third-order valence-electron chi connectivity index (χ3n) is 2.19. The second-order valence-electron chi connectivity index (χ2n) is 3.20. The fraction of sp³-hybridized carbons (Fsp3) is 0.200. The van der Waals surface area contributed by atoms with Crippen LogP contribution < -0.4 is 0 Å². The van der Waals surface area contributed by atoms with E-state index in [1.807, 2.05) is 0 Å². The molecule has 15 heavy (non-hydrogen) atoms. The predicted molar refractivity (Wildman–Crippen MR) is 51.0 cm³/mol. The Kier molecular flexibility index (Phi) is 2.22. The van der Waals surface area contributed by atoms with Gasteiger partial charge in [-0.05, 0) is 25.1 Å². The molecule has 0 radical (unpaired) electrons. The summed E-state index contributed by atoms with van der Waals surface area (Å²) < 4.78 is 25.5. The highest BCUT2D eigenvalue weighted by Gasteiger charge is 2.11. The van der Waals surface area contributed by atoms with Crippen molar-refractivity contribution in [3.8, 4) is 0 Å². The van der Waals surface area contributed by atoms with Crippen LogP contribution in [0.15, 0.2) is 24.4 Å². The van der Waals surface area contributed by atoms with Gasteiger partial charge in [-0.2, -0.15) is 13.9 Å². The molecule has 5 heteroatoms. The van der Waals surface area contributed by atoms with Crippen LogP contribution in [0.1, 0.15) is 23.8 Å². The van der Waals surface area contributed by atoms with E-state index in [4.69, 9.17) is 0 Å². The minimum atomic E-state index is -2.66. The topological polar surface area (TPSA) is 34.9 Å². The van der Waals surface area contributed by atoms with Crippen molar-refractivity contribution in [2.75, 3.05) is 0 Å². The first kappa shape index (κ1) is 9.76. The van der Waals surface area contributed by atoms with Gasteiger partial charge < -0.3 is 0 Å². The summed E-state index contributed by atoms with van der Waals surface area (Å²) >= 11 is 0. The number of hydrogen-bond acceptors (Lipinski definition) is 2. The lowest BCUT2D eigenvalue weighted by Gasteiger charge is -2.01. The van der Waals surface area contributed by atoms with Gasteiger partial charge in [0, 0.05) is 10.9 Å². The van der Waals surface area contributed by atoms with Crippen LogP contribution in [0.2, 0.25) is 0 Å². The van der Waals surface area contributed by atoms with E-state index in [9.17, 15) is 13.6 Å². The van der Waals surface area contributed by atoms with Gasteiger partial charge in [-0.1, -0.05) is 0 Å². The van der Waals surface area contributed by atoms with E-state index in [-0.39, 0.29) is 5.78 Å². The Labute approximate surface area is 84.3 Å². The molecule has 0 saturated heterocycles. The Hall–Kier alpha value is -1.78. The van der Waals surface area contributed by atoms with Gasteiger partial charge in [-0.25, -0.2) is 4.68 Å². The quantitative estimate of drug-likeness (QED) is 0.714. The summed E-state index contributed by atoms with van der Waals surface area (Å²) in [5.74, 6) is -0.0957. The third kappa shape index (κ3) is 1.60. The number of fused-ring (bicyclic) bond motifs is 1. The van der Waals surface area contributed by atoms with E-state index in [0.29, 0.717) is 21.1 Å². The molecule has 1 aromatic heterocycles. The Morgan fingerprint density at radius 3 is 2.80 bits per heavy atom. The zero-order chi connectivity index (χ0) is 11.0. The van der Waals surface area contributed by atoms with Gasteiger partial charge in [0.15, 0.2) is 5.78 Å². The smallest absolute Gasteiger partial charge is 0.295 e. The number of rotatable bonds is 2. The molecule has 0 bridgehead atoms. The van der Waals surface area contributed by atoms with Crippen molar-refractivity contribution in [1.29, 1.82) is 0 Å². The first-order valence-electron chi connectivity index (χ1n) is 4.36. The van der Waals surface area contributed by atoms with Crippen LogP contribution >= 0.6 is 0 Å². The molecule has 0 aliphatic heterocycles. The minimum absolute atomic E-state index is 0.0957. The molecule has 0 atom stereocenters. The predicted octanol–water partition coefficient (Wildman–Crippen LogP) is 2.63. The molecule has 0 N–H and O–H groups in total. The van der Waals surface area contributed by atoms with Crippen LogP contribution in [-0.4, -0.2) is 15.6 Å². The second kappa shape index (κ2) is 3.42. The van der Waals surface area contributed by atoms with Crippen molar-refractivity contribution in [3.63, 3.8) is 0 Å². The van der Waals surface area contributed by atoms with Crippen LogP contribution in [0.5, 0.6) is 0 Å². The SMILES string of the molecule is CC(=O)c1ccc2c(cnn2C(F)F)c1. The summed E-state index contributed by atoms with van der Waals surface area (Å²) in [6, 6.07) is 4.56. The maximum Gasteiger partial charge on any atom is 0.333 e. The Morgan fingerprint density at radius 1 is 1.47 bits per heavy atom. The normalized spacial score (nSPS) is 11.2. The molecule has 0 unspecified atom stereocenters. The molecule has 1 heterocycles. The van der Waals surface area contributed by atoms with Crippen molar-refractivity contribution in [2.24, 2.45) is 0 Å².